The van der Waals surface area contributed by atoms with Crippen molar-refractivity contribution in [3.8, 4) is 67.8 Å². The molecule has 9 aromatic carbocycles. The molecule has 0 aliphatic carbocycles. The van der Waals surface area contributed by atoms with Crippen LogP contribution in [0.15, 0.2) is 224 Å². The van der Waals surface area contributed by atoms with E-state index < -0.39 is 0 Å². The van der Waals surface area contributed by atoms with E-state index in [1.54, 1.807) is 0 Å². The Morgan fingerprint density at radius 2 is 0.726 bits per heavy atom. The third kappa shape index (κ3) is 5.98. The average Bonchev–Trinajstić information content (AvgIpc) is 3.87. The van der Waals surface area contributed by atoms with E-state index in [-0.39, 0.29) is 0 Å². The molecular weight excluding hydrogens is 755 g/mol. The van der Waals surface area contributed by atoms with E-state index in [0.29, 0.717) is 17.5 Å². The van der Waals surface area contributed by atoms with Crippen LogP contribution in [0.25, 0.3) is 111 Å². The van der Waals surface area contributed by atoms with Crippen LogP contribution in [0.1, 0.15) is 0 Å². The number of hydrogen-bond acceptors (Lipinski definition) is 3. The molecule has 3 aromatic heterocycles. The van der Waals surface area contributed by atoms with Gasteiger partial charge in [0.05, 0.1) is 22.1 Å². The summed E-state index contributed by atoms with van der Waals surface area (Å²) < 4.78 is 4.79. The van der Waals surface area contributed by atoms with Crippen molar-refractivity contribution in [3.05, 3.63) is 224 Å². The fraction of sp³-hybridized carbons (Fsp3) is 0. The molecular formula is C57H37N5. The number of aromatic nitrogens is 5. The number of nitrogens with zero attached hydrogens (tertiary/aromatic N) is 5. The molecule has 0 unspecified atom stereocenters. The molecule has 0 fully saturated rings. The van der Waals surface area contributed by atoms with Gasteiger partial charge in [0.15, 0.2) is 17.5 Å². The summed E-state index contributed by atoms with van der Waals surface area (Å²) in [5.41, 5.74) is 14.3. The molecule has 290 valence electrons. The van der Waals surface area contributed by atoms with Gasteiger partial charge >= 0.3 is 0 Å². The average molecular weight is 792 g/mol. The Hall–Kier alpha value is -8.41. The number of rotatable bonds is 7. The largest absolute Gasteiger partial charge is 0.309 e. The Morgan fingerprint density at radius 1 is 0.258 bits per heavy atom. The Balaban J connectivity index is 0.991. The number of benzene rings is 9. The Kier molecular flexibility index (Phi) is 8.42. The van der Waals surface area contributed by atoms with E-state index in [1.165, 1.54) is 38.1 Å². The van der Waals surface area contributed by atoms with Crippen molar-refractivity contribution >= 4 is 43.6 Å². The van der Waals surface area contributed by atoms with Crippen molar-refractivity contribution in [1.29, 1.82) is 0 Å². The molecule has 62 heavy (non-hydrogen) atoms. The highest BCUT2D eigenvalue weighted by molar-refractivity contribution is 6.16. The monoisotopic (exact) mass is 791 g/mol. The van der Waals surface area contributed by atoms with Gasteiger partial charge in [-0.05, 0) is 76.9 Å². The zero-order valence-corrected chi connectivity index (χ0v) is 33.6. The molecule has 0 saturated carbocycles. The summed E-state index contributed by atoms with van der Waals surface area (Å²) in [6.45, 7) is 0. The maximum atomic E-state index is 5.04. The highest BCUT2D eigenvalue weighted by Gasteiger charge is 2.19. The Labute approximate surface area is 358 Å². The molecule has 3 heterocycles. The first kappa shape index (κ1) is 35.5. The first-order chi connectivity index (χ1) is 30.7. The molecule has 0 radical (unpaired) electrons. The Bertz CT molecular complexity index is 3570. The van der Waals surface area contributed by atoms with Crippen molar-refractivity contribution in [2.75, 3.05) is 0 Å². The van der Waals surface area contributed by atoms with E-state index in [2.05, 4.69) is 173 Å². The molecule has 0 N–H and O–H groups in total. The molecule has 5 heteroatoms. The lowest BCUT2D eigenvalue weighted by Gasteiger charge is -2.12. The minimum atomic E-state index is 0.633. The maximum absolute atomic E-state index is 5.04. The van der Waals surface area contributed by atoms with Gasteiger partial charge in [0, 0.05) is 49.6 Å². The van der Waals surface area contributed by atoms with E-state index in [4.69, 9.17) is 15.0 Å². The van der Waals surface area contributed by atoms with Crippen LogP contribution in [0, 0.1) is 0 Å². The van der Waals surface area contributed by atoms with E-state index in [0.717, 1.165) is 55.8 Å². The predicted molar refractivity (Wildman–Crippen MR) is 256 cm³/mol. The lowest BCUT2D eigenvalue weighted by Crippen LogP contribution is -2.00. The zero-order chi connectivity index (χ0) is 41.0. The van der Waals surface area contributed by atoms with Crippen molar-refractivity contribution in [2.24, 2.45) is 0 Å². The van der Waals surface area contributed by atoms with Crippen LogP contribution < -0.4 is 0 Å². The normalized spacial score (nSPS) is 11.5. The molecule has 0 aliphatic heterocycles. The van der Waals surface area contributed by atoms with Gasteiger partial charge < -0.3 is 9.13 Å². The van der Waals surface area contributed by atoms with Crippen LogP contribution >= 0.6 is 0 Å². The van der Waals surface area contributed by atoms with Crippen molar-refractivity contribution in [2.45, 2.75) is 0 Å². The molecule has 0 spiro atoms. The summed E-state index contributed by atoms with van der Waals surface area (Å²) in [6.07, 6.45) is 0. The van der Waals surface area contributed by atoms with Crippen LogP contribution in [0.4, 0.5) is 0 Å². The molecule has 0 atom stereocenters. The molecule has 5 nitrogen and oxygen atoms in total. The van der Waals surface area contributed by atoms with Gasteiger partial charge in [-0.3, -0.25) is 0 Å². The predicted octanol–water partition coefficient (Wildman–Crippen LogP) is 14.4. The summed E-state index contributed by atoms with van der Waals surface area (Å²) in [4.78, 5) is 15.0. The summed E-state index contributed by atoms with van der Waals surface area (Å²) in [5, 5.41) is 4.89. The molecule has 0 saturated heterocycles. The lowest BCUT2D eigenvalue weighted by atomic mass is 9.97. The smallest absolute Gasteiger partial charge is 0.164 e. The summed E-state index contributed by atoms with van der Waals surface area (Å²) in [5.74, 6) is 1.92. The van der Waals surface area contributed by atoms with E-state index in [1.807, 2.05) is 60.7 Å². The van der Waals surface area contributed by atoms with Gasteiger partial charge in [0.2, 0.25) is 0 Å². The van der Waals surface area contributed by atoms with Crippen LogP contribution in [0.2, 0.25) is 0 Å². The van der Waals surface area contributed by atoms with Crippen LogP contribution in [0.3, 0.4) is 0 Å². The van der Waals surface area contributed by atoms with E-state index >= 15 is 0 Å². The third-order valence-electron chi connectivity index (χ3n) is 12.0. The number of hydrogen-bond donors (Lipinski definition) is 0. The topological polar surface area (TPSA) is 48.5 Å². The second kappa shape index (κ2) is 14.7. The molecule has 0 amide bonds. The SMILES string of the molecule is c1ccc(-c2nc(-c3ccccc3)nc(-c3cccc(-c4cccc5c4c4ccccc4n5-c4cccc(-c5ccc6c7ccccc7n(-c7ccccc7)c6c5)c4)c3)n2)cc1. The minimum absolute atomic E-state index is 0.633. The maximum Gasteiger partial charge on any atom is 0.164 e. The summed E-state index contributed by atoms with van der Waals surface area (Å²) >= 11 is 0. The van der Waals surface area contributed by atoms with Gasteiger partial charge in [-0.2, -0.15) is 0 Å². The highest BCUT2D eigenvalue weighted by Crippen LogP contribution is 2.41. The second-order valence-corrected chi connectivity index (χ2v) is 15.6. The number of para-hydroxylation sites is 3. The van der Waals surface area contributed by atoms with E-state index in [9.17, 15) is 0 Å². The van der Waals surface area contributed by atoms with Crippen molar-refractivity contribution < 1.29 is 0 Å². The van der Waals surface area contributed by atoms with Gasteiger partial charge in [-0.25, -0.2) is 15.0 Å². The van der Waals surface area contributed by atoms with Gasteiger partial charge in [0.1, 0.15) is 0 Å². The van der Waals surface area contributed by atoms with Crippen molar-refractivity contribution in [1.82, 2.24) is 24.1 Å². The minimum Gasteiger partial charge on any atom is -0.309 e. The fourth-order valence-corrected chi connectivity index (χ4v) is 9.13. The van der Waals surface area contributed by atoms with Crippen LogP contribution in [-0.2, 0) is 0 Å². The third-order valence-corrected chi connectivity index (χ3v) is 12.0. The number of fused-ring (bicyclic) bond motifs is 6. The zero-order valence-electron chi connectivity index (χ0n) is 33.6. The summed E-state index contributed by atoms with van der Waals surface area (Å²) in [7, 11) is 0. The van der Waals surface area contributed by atoms with Gasteiger partial charge in [0.25, 0.3) is 0 Å². The molecule has 0 aliphatic rings. The molecule has 0 bridgehead atoms. The van der Waals surface area contributed by atoms with Crippen molar-refractivity contribution in [3.63, 3.8) is 0 Å². The molecule has 12 aromatic rings. The second-order valence-electron chi connectivity index (χ2n) is 15.6. The molecule has 12 rings (SSSR count). The fourth-order valence-electron chi connectivity index (χ4n) is 9.13. The first-order valence-electron chi connectivity index (χ1n) is 20.9. The van der Waals surface area contributed by atoms with Crippen LogP contribution in [0.5, 0.6) is 0 Å². The standard InChI is InChI=1S/C57H37N5/c1-4-17-38(18-5-1)55-58-56(39-19-6-2-7-20-39)60-57(59-55)43-23-14-22-42(35-43)46-29-16-32-52-54(46)49-28-11-13-31-51(49)62(52)45-26-15-21-40(36-45)41-33-34-48-47-27-10-12-30-50(47)61(53(48)37-41)44-24-8-3-9-25-44/h1-37H. The van der Waals surface area contributed by atoms with Gasteiger partial charge in [-0.1, -0.05) is 170 Å². The first-order valence-corrected chi connectivity index (χ1v) is 20.9. The Morgan fingerprint density at radius 3 is 1.45 bits per heavy atom. The summed E-state index contributed by atoms with van der Waals surface area (Å²) in [6, 6.07) is 79.4. The van der Waals surface area contributed by atoms with Crippen LogP contribution in [-0.4, -0.2) is 24.1 Å². The lowest BCUT2D eigenvalue weighted by molar-refractivity contribution is 1.07. The quantitative estimate of drug-likeness (QED) is 0.162. The highest BCUT2D eigenvalue weighted by atomic mass is 15.0. The van der Waals surface area contributed by atoms with Gasteiger partial charge in [-0.15, -0.1) is 0 Å².